The highest BCUT2D eigenvalue weighted by molar-refractivity contribution is 5.60. The molecule has 0 saturated carbocycles. The van der Waals surface area contributed by atoms with E-state index in [1.54, 1.807) is 0 Å². The summed E-state index contributed by atoms with van der Waals surface area (Å²) in [7, 11) is 0. The standard InChI is InChI=1S/C4H4N2O7/c7-3-12-1-4(2-13-3,5(8)9)6(10)11/h1-2H2. The summed E-state index contributed by atoms with van der Waals surface area (Å²) in [6, 6.07) is 0. The molecule has 0 aromatic heterocycles. The fourth-order valence-electron chi connectivity index (χ4n) is 0.710. The molecule has 9 nitrogen and oxygen atoms in total. The lowest BCUT2D eigenvalue weighted by Crippen LogP contribution is -2.57. The summed E-state index contributed by atoms with van der Waals surface area (Å²) < 4.78 is 8.14. The van der Waals surface area contributed by atoms with Gasteiger partial charge >= 0.3 is 11.8 Å². The van der Waals surface area contributed by atoms with E-state index in [1.165, 1.54) is 0 Å². The van der Waals surface area contributed by atoms with E-state index in [9.17, 15) is 25.0 Å². The molecule has 1 aliphatic rings. The van der Waals surface area contributed by atoms with Crippen molar-refractivity contribution >= 4 is 6.16 Å². The smallest absolute Gasteiger partial charge is 0.418 e. The van der Waals surface area contributed by atoms with Gasteiger partial charge in [0.05, 0.1) is 0 Å². The van der Waals surface area contributed by atoms with Crippen LogP contribution < -0.4 is 0 Å². The molecular formula is C4H4N2O7. The normalized spacial score (nSPS) is 19.8. The minimum absolute atomic E-state index is 0.911. The molecule has 0 aromatic rings. The van der Waals surface area contributed by atoms with E-state index < -0.39 is 34.9 Å². The highest BCUT2D eigenvalue weighted by atomic mass is 16.8. The summed E-state index contributed by atoms with van der Waals surface area (Å²) in [6.07, 6.45) is -1.14. The van der Waals surface area contributed by atoms with E-state index in [0.717, 1.165) is 0 Å². The van der Waals surface area contributed by atoms with Crippen molar-refractivity contribution in [2.45, 2.75) is 5.66 Å². The van der Waals surface area contributed by atoms with Gasteiger partial charge in [-0.2, -0.15) is 0 Å². The van der Waals surface area contributed by atoms with Crippen LogP contribution in [0.2, 0.25) is 0 Å². The minimum Gasteiger partial charge on any atom is -0.418 e. The number of rotatable bonds is 2. The second-order valence-electron chi connectivity index (χ2n) is 2.32. The van der Waals surface area contributed by atoms with E-state index in [-0.39, 0.29) is 0 Å². The molecule has 0 aromatic carbocycles. The number of hydrogen-bond acceptors (Lipinski definition) is 7. The molecule has 1 heterocycles. The maximum absolute atomic E-state index is 10.3. The third kappa shape index (κ3) is 1.35. The van der Waals surface area contributed by atoms with Crippen LogP contribution in [0.4, 0.5) is 4.79 Å². The van der Waals surface area contributed by atoms with Crippen LogP contribution in [0.25, 0.3) is 0 Å². The zero-order valence-electron chi connectivity index (χ0n) is 6.17. The molecule has 0 radical (unpaired) electrons. The van der Waals surface area contributed by atoms with Crippen LogP contribution in [0.5, 0.6) is 0 Å². The second kappa shape index (κ2) is 2.84. The van der Waals surface area contributed by atoms with Gasteiger partial charge in [-0.25, -0.2) is 4.79 Å². The Kier molecular flexibility index (Phi) is 2.00. The van der Waals surface area contributed by atoms with E-state index in [0.29, 0.717) is 0 Å². The molecule has 1 saturated heterocycles. The van der Waals surface area contributed by atoms with Gasteiger partial charge in [0.1, 0.15) is 9.85 Å². The Labute approximate surface area is 70.5 Å². The largest absolute Gasteiger partial charge is 0.523 e. The summed E-state index contributed by atoms with van der Waals surface area (Å²) in [6.45, 7) is -1.82. The minimum atomic E-state index is -2.56. The first kappa shape index (κ1) is 9.16. The Morgan fingerprint density at radius 1 is 1.15 bits per heavy atom. The maximum Gasteiger partial charge on any atom is 0.523 e. The van der Waals surface area contributed by atoms with Crippen molar-refractivity contribution in [2.75, 3.05) is 13.2 Å². The number of carbonyl (C=O) groups is 1. The van der Waals surface area contributed by atoms with E-state index in [1.807, 2.05) is 0 Å². The lowest BCUT2D eigenvalue weighted by Gasteiger charge is -2.20. The third-order valence-corrected chi connectivity index (χ3v) is 1.52. The number of nitrogens with zero attached hydrogens (tertiary/aromatic N) is 2. The number of cyclic esters (lactones) is 2. The van der Waals surface area contributed by atoms with Crippen LogP contribution in [0, 0.1) is 20.2 Å². The van der Waals surface area contributed by atoms with Gasteiger partial charge < -0.3 is 9.47 Å². The third-order valence-electron chi connectivity index (χ3n) is 1.52. The molecule has 9 heteroatoms. The predicted molar refractivity (Wildman–Crippen MR) is 34.0 cm³/mol. The molecule has 72 valence electrons. The fraction of sp³-hybridized carbons (Fsp3) is 0.750. The molecule has 13 heavy (non-hydrogen) atoms. The summed E-state index contributed by atoms with van der Waals surface area (Å²) in [4.78, 5) is 28.7. The molecule has 0 unspecified atom stereocenters. The van der Waals surface area contributed by atoms with Crippen molar-refractivity contribution in [3.63, 3.8) is 0 Å². The van der Waals surface area contributed by atoms with Crippen molar-refractivity contribution in [3.8, 4) is 0 Å². The highest BCUT2D eigenvalue weighted by Gasteiger charge is 2.61. The first-order valence-corrected chi connectivity index (χ1v) is 3.07. The van der Waals surface area contributed by atoms with Gasteiger partial charge in [-0.1, -0.05) is 0 Å². The monoisotopic (exact) mass is 192 g/mol. The van der Waals surface area contributed by atoms with Gasteiger partial charge in [0, 0.05) is 0 Å². The Morgan fingerprint density at radius 2 is 1.54 bits per heavy atom. The Hall–Kier alpha value is -1.93. The van der Waals surface area contributed by atoms with Crippen molar-refractivity contribution in [3.05, 3.63) is 20.2 Å². The lowest BCUT2D eigenvalue weighted by atomic mass is 10.2. The number of nitro groups is 2. The van der Waals surface area contributed by atoms with Gasteiger partial charge in [-0.3, -0.25) is 20.2 Å². The van der Waals surface area contributed by atoms with Gasteiger partial charge in [0.2, 0.25) is 13.2 Å². The summed E-state index contributed by atoms with van der Waals surface area (Å²) in [5.41, 5.74) is -2.56. The fourth-order valence-corrected chi connectivity index (χ4v) is 0.710. The van der Waals surface area contributed by atoms with Crippen LogP contribution in [0.3, 0.4) is 0 Å². The quantitative estimate of drug-likeness (QED) is 0.248. The van der Waals surface area contributed by atoms with Gasteiger partial charge in [0.15, 0.2) is 0 Å². The van der Waals surface area contributed by atoms with Gasteiger partial charge in [-0.05, 0) is 0 Å². The predicted octanol–water partition coefficient (Wildman–Crippen LogP) is -0.597. The molecule has 0 amide bonds. The van der Waals surface area contributed by atoms with Gasteiger partial charge in [-0.15, -0.1) is 0 Å². The van der Waals surface area contributed by atoms with E-state index in [2.05, 4.69) is 9.47 Å². The summed E-state index contributed by atoms with van der Waals surface area (Å²) >= 11 is 0. The van der Waals surface area contributed by atoms with E-state index >= 15 is 0 Å². The number of ether oxygens (including phenoxy) is 2. The average Bonchev–Trinajstić information content (AvgIpc) is 2.04. The van der Waals surface area contributed by atoms with Gasteiger partial charge in [0.25, 0.3) is 0 Å². The maximum atomic E-state index is 10.3. The van der Waals surface area contributed by atoms with Crippen LogP contribution in [-0.4, -0.2) is 34.9 Å². The van der Waals surface area contributed by atoms with Crippen LogP contribution in [-0.2, 0) is 9.47 Å². The number of hydrogen-bond donors (Lipinski definition) is 0. The molecule has 0 bridgehead atoms. The molecule has 1 rings (SSSR count). The van der Waals surface area contributed by atoms with Crippen molar-refractivity contribution < 1.29 is 24.1 Å². The van der Waals surface area contributed by atoms with Crippen molar-refractivity contribution in [1.82, 2.24) is 0 Å². The van der Waals surface area contributed by atoms with Crippen LogP contribution >= 0.6 is 0 Å². The molecule has 1 aliphatic heterocycles. The van der Waals surface area contributed by atoms with Crippen molar-refractivity contribution in [1.29, 1.82) is 0 Å². The number of carbonyl (C=O) groups excluding carboxylic acids is 1. The van der Waals surface area contributed by atoms with Crippen LogP contribution in [0.15, 0.2) is 0 Å². The van der Waals surface area contributed by atoms with Crippen molar-refractivity contribution in [2.24, 2.45) is 0 Å². The zero-order chi connectivity index (χ0) is 10.1. The summed E-state index contributed by atoms with van der Waals surface area (Å²) in [5, 5.41) is 20.6. The molecule has 0 atom stereocenters. The lowest BCUT2D eigenvalue weighted by molar-refractivity contribution is -0.802. The molecule has 0 N–H and O–H groups in total. The molecule has 0 spiro atoms. The van der Waals surface area contributed by atoms with E-state index in [4.69, 9.17) is 0 Å². The highest BCUT2D eigenvalue weighted by Crippen LogP contribution is 2.17. The molecule has 0 aliphatic carbocycles. The average molecular weight is 192 g/mol. The SMILES string of the molecule is O=C1OCC([N+](=O)[O-])([N+](=O)[O-])CO1. The topological polar surface area (TPSA) is 122 Å². The molecular weight excluding hydrogens is 188 g/mol. The first-order chi connectivity index (χ1) is 5.99. The summed E-state index contributed by atoms with van der Waals surface area (Å²) in [5.74, 6) is 0. The second-order valence-corrected chi connectivity index (χ2v) is 2.32. The first-order valence-electron chi connectivity index (χ1n) is 3.07. The Bertz CT molecular complexity index is 248. The zero-order valence-corrected chi connectivity index (χ0v) is 6.17. The molecule has 1 fully saturated rings. The Balaban J connectivity index is 2.87. The van der Waals surface area contributed by atoms with Crippen LogP contribution in [0.1, 0.15) is 0 Å². The Morgan fingerprint density at radius 3 is 1.85 bits per heavy atom.